The standard InChI is InChI=1S/C20H31FN4O/c1-3-22-20(23-13-11-17-7-9-18(21)10-8-17)24-14-12-19(26)25-15-5-4-6-16(25)2/h7-10,16H,3-6,11-15H2,1-2H3,(H2,22,23,24). The van der Waals surface area contributed by atoms with Gasteiger partial charge in [0.1, 0.15) is 5.82 Å². The van der Waals surface area contributed by atoms with Gasteiger partial charge in [-0.05, 0) is 57.2 Å². The Balaban J connectivity index is 1.76. The van der Waals surface area contributed by atoms with Crippen molar-refractivity contribution in [2.45, 2.75) is 52.0 Å². The highest BCUT2D eigenvalue weighted by Crippen LogP contribution is 2.17. The van der Waals surface area contributed by atoms with E-state index >= 15 is 0 Å². The maximum Gasteiger partial charge on any atom is 0.224 e. The number of carbonyl (C=O) groups excluding carboxylic acids is 1. The summed E-state index contributed by atoms with van der Waals surface area (Å²) in [6.45, 7) is 6.96. The molecule has 0 radical (unpaired) electrons. The highest BCUT2D eigenvalue weighted by Gasteiger charge is 2.22. The number of nitrogens with zero attached hydrogens (tertiary/aromatic N) is 2. The minimum absolute atomic E-state index is 0.197. The van der Waals surface area contributed by atoms with E-state index in [9.17, 15) is 9.18 Å². The monoisotopic (exact) mass is 362 g/mol. The number of hydrogen-bond donors (Lipinski definition) is 2. The lowest BCUT2D eigenvalue weighted by atomic mass is 10.0. The molecule has 1 aromatic carbocycles. The minimum Gasteiger partial charge on any atom is -0.357 e. The molecule has 0 bridgehead atoms. The van der Waals surface area contributed by atoms with Crippen molar-refractivity contribution in [1.82, 2.24) is 15.5 Å². The Morgan fingerprint density at radius 2 is 2.04 bits per heavy atom. The number of nitrogens with one attached hydrogen (secondary N) is 2. The molecule has 1 aromatic rings. The van der Waals surface area contributed by atoms with Crippen molar-refractivity contribution in [2.24, 2.45) is 4.99 Å². The molecule has 0 aromatic heterocycles. The number of aliphatic imine (C=N–C) groups is 1. The third-order valence-electron chi connectivity index (χ3n) is 4.68. The number of amides is 1. The molecule has 1 amide bonds. The number of rotatable bonds is 7. The van der Waals surface area contributed by atoms with E-state index < -0.39 is 0 Å². The van der Waals surface area contributed by atoms with Crippen LogP contribution in [0, 0.1) is 5.82 Å². The third kappa shape index (κ3) is 6.65. The van der Waals surface area contributed by atoms with Crippen LogP contribution in [0.1, 0.15) is 45.1 Å². The second-order valence-corrected chi connectivity index (χ2v) is 6.75. The van der Waals surface area contributed by atoms with Gasteiger partial charge in [0.2, 0.25) is 5.91 Å². The smallest absolute Gasteiger partial charge is 0.224 e. The highest BCUT2D eigenvalue weighted by atomic mass is 19.1. The van der Waals surface area contributed by atoms with E-state index in [0.717, 1.165) is 37.9 Å². The fraction of sp³-hybridized carbons (Fsp3) is 0.600. The molecule has 1 aliphatic rings. The highest BCUT2D eigenvalue weighted by molar-refractivity contribution is 5.81. The molecule has 1 aliphatic heterocycles. The normalized spacial score (nSPS) is 17.9. The minimum atomic E-state index is -0.218. The Labute approximate surface area is 156 Å². The number of guanidine groups is 1. The van der Waals surface area contributed by atoms with Gasteiger partial charge in [-0.1, -0.05) is 12.1 Å². The van der Waals surface area contributed by atoms with Gasteiger partial charge in [-0.25, -0.2) is 4.39 Å². The van der Waals surface area contributed by atoms with E-state index in [1.807, 2.05) is 11.8 Å². The van der Waals surface area contributed by atoms with Gasteiger partial charge in [-0.2, -0.15) is 0 Å². The number of halogens is 1. The predicted octanol–water partition coefficient (Wildman–Crippen LogP) is 2.71. The predicted molar refractivity (Wildman–Crippen MR) is 104 cm³/mol. The molecule has 2 rings (SSSR count). The van der Waals surface area contributed by atoms with Crippen molar-refractivity contribution < 1.29 is 9.18 Å². The first-order valence-corrected chi connectivity index (χ1v) is 9.66. The van der Waals surface area contributed by atoms with Crippen molar-refractivity contribution >= 4 is 11.9 Å². The van der Waals surface area contributed by atoms with Gasteiger partial charge >= 0.3 is 0 Å². The fourth-order valence-electron chi connectivity index (χ4n) is 3.19. The molecule has 1 saturated heterocycles. The molecular weight excluding hydrogens is 331 g/mol. The largest absolute Gasteiger partial charge is 0.357 e. The molecule has 0 saturated carbocycles. The number of piperidine rings is 1. The Hall–Kier alpha value is -2.11. The molecule has 6 heteroatoms. The van der Waals surface area contributed by atoms with E-state index in [1.165, 1.54) is 18.6 Å². The van der Waals surface area contributed by atoms with E-state index in [0.29, 0.717) is 31.5 Å². The van der Waals surface area contributed by atoms with Crippen molar-refractivity contribution in [1.29, 1.82) is 0 Å². The molecule has 26 heavy (non-hydrogen) atoms. The summed E-state index contributed by atoms with van der Waals surface area (Å²) in [6.07, 6.45) is 4.65. The lowest BCUT2D eigenvalue weighted by molar-refractivity contribution is -0.134. The van der Waals surface area contributed by atoms with Gasteiger partial charge in [0.05, 0.1) is 6.54 Å². The average Bonchev–Trinajstić information content (AvgIpc) is 2.63. The number of hydrogen-bond acceptors (Lipinski definition) is 2. The summed E-state index contributed by atoms with van der Waals surface area (Å²) in [5, 5.41) is 6.46. The van der Waals surface area contributed by atoms with Gasteiger partial charge in [0.25, 0.3) is 0 Å². The maximum atomic E-state index is 12.9. The third-order valence-corrected chi connectivity index (χ3v) is 4.68. The number of benzene rings is 1. The molecule has 5 nitrogen and oxygen atoms in total. The van der Waals surface area contributed by atoms with Crippen LogP contribution in [0.4, 0.5) is 4.39 Å². The molecule has 1 unspecified atom stereocenters. The molecule has 144 valence electrons. The second kappa shape index (κ2) is 10.8. The van der Waals surface area contributed by atoms with Gasteiger partial charge in [0.15, 0.2) is 5.96 Å². The molecular formula is C20H31FN4O. The van der Waals surface area contributed by atoms with Crippen LogP contribution in [0.3, 0.4) is 0 Å². The molecule has 2 N–H and O–H groups in total. The zero-order chi connectivity index (χ0) is 18.8. The number of likely N-dealkylation sites (tertiary alicyclic amines) is 1. The summed E-state index contributed by atoms with van der Waals surface area (Å²) >= 11 is 0. The summed E-state index contributed by atoms with van der Waals surface area (Å²) < 4.78 is 12.9. The zero-order valence-corrected chi connectivity index (χ0v) is 15.9. The fourth-order valence-corrected chi connectivity index (χ4v) is 3.19. The lowest BCUT2D eigenvalue weighted by Gasteiger charge is -2.33. The maximum absolute atomic E-state index is 12.9. The van der Waals surface area contributed by atoms with Crippen LogP contribution in [0.15, 0.2) is 29.3 Å². The van der Waals surface area contributed by atoms with E-state index in [2.05, 4.69) is 22.5 Å². The molecule has 1 heterocycles. The van der Waals surface area contributed by atoms with E-state index in [1.54, 1.807) is 12.1 Å². The summed E-state index contributed by atoms with van der Waals surface area (Å²) in [4.78, 5) is 18.9. The molecule has 0 spiro atoms. The summed E-state index contributed by atoms with van der Waals surface area (Å²) in [6, 6.07) is 6.88. The first-order valence-electron chi connectivity index (χ1n) is 9.66. The van der Waals surface area contributed by atoms with Crippen LogP contribution >= 0.6 is 0 Å². The van der Waals surface area contributed by atoms with Gasteiger partial charge < -0.3 is 15.5 Å². The number of carbonyl (C=O) groups is 1. The molecule has 0 aliphatic carbocycles. The quantitative estimate of drug-likeness (QED) is 0.579. The van der Waals surface area contributed by atoms with E-state index in [4.69, 9.17) is 0 Å². The SMILES string of the molecule is CCNC(=NCCC(=O)N1CCCCC1C)NCCc1ccc(F)cc1. The van der Waals surface area contributed by atoms with Crippen LogP contribution in [-0.4, -0.2) is 49.0 Å². The van der Waals surface area contributed by atoms with Crippen molar-refractivity contribution in [3.8, 4) is 0 Å². The summed E-state index contributed by atoms with van der Waals surface area (Å²) in [7, 11) is 0. The molecule has 1 atom stereocenters. The first-order chi connectivity index (χ1) is 12.6. The van der Waals surface area contributed by atoms with Gasteiger partial charge in [-0.15, -0.1) is 0 Å². The van der Waals surface area contributed by atoms with Gasteiger partial charge in [0, 0.05) is 32.1 Å². The molecule has 1 fully saturated rings. The Kier molecular flexibility index (Phi) is 8.38. The van der Waals surface area contributed by atoms with Gasteiger partial charge in [-0.3, -0.25) is 9.79 Å². The Morgan fingerprint density at radius 1 is 1.27 bits per heavy atom. The average molecular weight is 362 g/mol. The van der Waals surface area contributed by atoms with Crippen LogP contribution in [0.25, 0.3) is 0 Å². The van der Waals surface area contributed by atoms with Crippen molar-refractivity contribution in [3.63, 3.8) is 0 Å². The Bertz CT molecular complexity index is 588. The first kappa shape index (κ1) is 20.2. The summed E-state index contributed by atoms with van der Waals surface area (Å²) in [5.74, 6) is 0.696. The summed E-state index contributed by atoms with van der Waals surface area (Å²) in [5.41, 5.74) is 1.07. The van der Waals surface area contributed by atoms with Crippen molar-refractivity contribution in [3.05, 3.63) is 35.6 Å². The zero-order valence-electron chi connectivity index (χ0n) is 15.9. The topological polar surface area (TPSA) is 56.7 Å². The van der Waals surface area contributed by atoms with Crippen LogP contribution in [-0.2, 0) is 11.2 Å². The van der Waals surface area contributed by atoms with Crippen LogP contribution < -0.4 is 10.6 Å². The lowest BCUT2D eigenvalue weighted by Crippen LogP contribution is -2.42. The van der Waals surface area contributed by atoms with Crippen LogP contribution in [0.5, 0.6) is 0 Å². The second-order valence-electron chi connectivity index (χ2n) is 6.75. The van der Waals surface area contributed by atoms with Crippen molar-refractivity contribution in [2.75, 3.05) is 26.2 Å². The van der Waals surface area contributed by atoms with Crippen LogP contribution in [0.2, 0.25) is 0 Å². The van der Waals surface area contributed by atoms with E-state index in [-0.39, 0.29) is 11.7 Å². The Morgan fingerprint density at radius 3 is 2.73 bits per heavy atom.